The predicted octanol–water partition coefficient (Wildman–Crippen LogP) is 3.01. The molecular weight excluding hydrogens is 370 g/mol. The number of nitrogens with zero attached hydrogens (tertiary/aromatic N) is 1. The van der Waals surface area contributed by atoms with Crippen LogP contribution in [0, 0.1) is 0 Å². The predicted molar refractivity (Wildman–Crippen MR) is 95.4 cm³/mol. The van der Waals surface area contributed by atoms with Gasteiger partial charge in [-0.2, -0.15) is 0 Å². The highest BCUT2D eigenvalue weighted by Crippen LogP contribution is 2.22. The summed E-state index contributed by atoms with van der Waals surface area (Å²) < 4.78 is 26.0. The van der Waals surface area contributed by atoms with Crippen LogP contribution in [0.3, 0.4) is 0 Å². The van der Waals surface area contributed by atoms with Crippen LogP contribution in [0.15, 0.2) is 52.1 Å². The molecule has 0 aliphatic carbocycles. The van der Waals surface area contributed by atoms with Gasteiger partial charge < -0.3 is 5.11 Å². The molecule has 0 radical (unpaired) electrons. The quantitative estimate of drug-likeness (QED) is 0.743. The number of thiophene rings is 1. The first kappa shape index (κ1) is 18.7. The average Bonchev–Trinajstić information content (AvgIpc) is 3.10. The van der Waals surface area contributed by atoms with Gasteiger partial charge in [0, 0.05) is 24.3 Å². The lowest BCUT2D eigenvalue weighted by Crippen LogP contribution is -2.36. The van der Waals surface area contributed by atoms with Crippen molar-refractivity contribution in [3.8, 4) is 0 Å². The summed E-state index contributed by atoms with van der Waals surface area (Å²) in [6.45, 7) is -0.287. The summed E-state index contributed by atoms with van der Waals surface area (Å²) >= 11 is 6.84. The first-order valence-electron chi connectivity index (χ1n) is 7.10. The Morgan fingerprint density at radius 2 is 1.96 bits per heavy atom. The maximum atomic E-state index is 12.6. The highest BCUT2D eigenvalue weighted by atomic mass is 35.5. The van der Waals surface area contributed by atoms with Gasteiger partial charge in [0.25, 0.3) is 15.9 Å². The Morgan fingerprint density at radius 1 is 1.25 bits per heavy atom. The topological polar surface area (TPSA) is 74.7 Å². The summed E-state index contributed by atoms with van der Waals surface area (Å²) in [6, 6.07) is 9.85. The largest absolute Gasteiger partial charge is 0.396 e. The van der Waals surface area contributed by atoms with E-state index in [9.17, 15) is 13.2 Å². The number of hydrogen-bond acceptors (Lipinski definition) is 5. The molecule has 1 amide bonds. The van der Waals surface area contributed by atoms with Gasteiger partial charge in [-0.05, 0) is 41.6 Å². The molecule has 0 fully saturated rings. The molecule has 0 bridgehead atoms. The van der Waals surface area contributed by atoms with E-state index < -0.39 is 15.9 Å². The van der Waals surface area contributed by atoms with E-state index in [-0.39, 0.29) is 23.8 Å². The number of amides is 1. The highest BCUT2D eigenvalue weighted by Gasteiger charge is 2.28. The minimum absolute atomic E-state index is 0.0828. The molecule has 2 rings (SSSR count). The molecule has 5 nitrogen and oxygen atoms in total. The third-order valence-electron chi connectivity index (χ3n) is 3.09. The maximum absolute atomic E-state index is 12.6. The highest BCUT2D eigenvalue weighted by molar-refractivity contribution is 7.91. The van der Waals surface area contributed by atoms with Crippen molar-refractivity contribution < 1.29 is 18.3 Å². The van der Waals surface area contributed by atoms with Gasteiger partial charge in [-0.25, -0.2) is 12.7 Å². The van der Waals surface area contributed by atoms with Crippen molar-refractivity contribution in [2.75, 3.05) is 13.2 Å². The first-order valence-corrected chi connectivity index (χ1v) is 9.79. The summed E-state index contributed by atoms with van der Waals surface area (Å²) in [5.41, 5.74) is 0.725. The molecule has 0 atom stereocenters. The van der Waals surface area contributed by atoms with Crippen molar-refractivity contribution in [2.24, 2.45) is 0 Å². The zero-order chi connectivity index (χ0) is 17.6. The van der Waals surface area contributed by atoms with Gasteiger partial charge in [-0.15, -0.1) is 11.3 Å². The number of rotatable bonds is 7. The zero-order valence-corrected chi connectivity index (χ0v) is 15.0. The number of sulfonamides is 1. The second-order valence-electron chi connectivity index (χ2n) is 4.81. The third kappa shape index (κ3) is 4.67. The van der Waals surface area contributed by atoms with Crippen molar-refractivity contribution in [1.29, 1.82) is 0 Å². The molecule has 0 aliphatic heterocycles. The number of aliphatic hydroxyl groups excluding tert-OH is 1. The van der Waals surface area contributed by atoms with E-state index in [1.54, 1.807) is 35.7 Å². The van der Waals surface area contributed by atoms with E-state index >= 15 is 0 Å². The van der Waals surface area contributed by atoms with Gasteiger partial charge in [-0.3, -0.25) is 4.79 Å². The Morgan fingerprint density at radius 3 is 2.54 bits per heavy atom. The summed E-state index contributed by atoms with van der Waals surface area (Å²) in [5, 5.41) is 11.2. The van der Waals surface area contributed by atoms with Gasteiger partial charge in [0.1, 0.15) is 4.21 Å². The maximum Gasteiger partial charge on any atom is 0.276 e. The van der Waals surface area contributed by atoms with Crippen LogP contribution in [0.4, 0.5) is 0 Å². The fourth-order valence-corrected chi connectivity index (χ4v) is 4.54. The van der Waals surface area contributed by atoms with Crippen LogP contribution in [0.2, 0.25) is 5.02 Å². The summed E-state index contributed by atoms with van der Waals surface area (Å²) in [5.74, 6) is -0.660. The zero-order valence-electron chi connectivity index (χ0n) is 12.6. The summed E-state index contributed by atoms with van der Waals surface area (Å²) in [4.78, 5) is 12.4. The molecule has 128 valence electrons. The first-order chi connectivity index (χ1) is 11.4. The van der Waals surface area contributed by atoms with Gasteiger partial charge >= 0.3 is 0 Å². The number of carbonyl (C=O) groups excluding carboxylic acids is 1. The molecule has 24 heavy (non-hydrogen) atoms. The number of benzene rings is 1. The van der Waals surface area contributed by atoms with E-state index in [0.29, 0.717) is 5.02 Å². The lowest BCUT2D eigenvalue weighted by atomic mass is 10.2. The molecule has 1 aromatic carbocycles. The average molecular weight is 386 g/mol. The van der Waals surface area contributed by atoms with E-state index in [2.05, 4.69) is 0 Å². The molecule has 0 saturated carbocycles. The Bertz CT molecular complexity index is 799. The molecule has 1 aromatic heterocycles. The number of carbonyl (C=O) groups is 1. The van der Waals surface area contributed by atoms with Gasteiger partial charge in [0.15, 0.2) is 0 Å². The minimum Gasteiger partial charge on any atom is -0.396 e. The molecule has 8 heteroatoms. The Kier molecular flexibility index (Phi) is 6.56. The second kappa shape index (κ2) is 8.43. The molecule has 2 aromatic rings. The SMILES string of the molecule is O=C(C=Cc1ccc(Cl)cc1)N(CCCO)S(=O)(=O)c1cccs1. The van der Waals surface area contributed by atoms with Gasteiger partial charge in [0.05, 0.1) is 0 Å². The van der Waals surface area contributed by atoms with Crippen molar-refractivity contribution >= 4 is 44.9 Å². The lowest BCUT2D eigenvalue weighted by molar-refractivity contribution is -0.121. The van der Waals surface area contributed by atoms with Gasteiger partial charge in [-0.1, -0.05) is 29.8 Å². The van der Waals surface area contributed by atoms with E-state index in [4.69, 9.17) is 16.7 Å². The smallest absolute Gasteiger partial charge is 0.276 e. The standard InChI is InChI=1S/C16H16ClNO4S2/c17-14-7-4-13(5-8-14)6-9-15(20)18(10-2-11-19)24(21,22)16-3-1-12-23-16/h1,3-9,12,19H,2,10-11H2. The minimum atomic E-state index is -3.92. The lowest BCUT2D eigenvalue weighted by Gasteiger charge is -2.19. The molecule has 0 unspecified atom stereocenters. The fourth-order valence-electron chi connectivity index (χ4n) is 1.91. The number of halogens is 1. The third-order valence-corrected chi connectivity index (χ3v) is 6.51. The van der Waals surface area contributed by atoms with Crippen LogP contribution >= 0.6 is 22.9 Å². The van der Waals surface area contributed by atoms with Crippen LogP contribution in [0.1, 0.15) is 12.0 Å². The molecule has 0 aliphatic rings. The van der Waals surface area contributed by atoms with Crippen LogP contribution in [-0.4, -0.2) is 36.9 Å². The second-order valence-corrected chi connectivity index (χ2v) is 8.28. The van der Waals surface area contributed by atoms with Crippen molar-refractivity contribution in [2.45, 2.75) is 10.6 Å². The van der Waals surface area contributed by atoms with Crippen LogP contribution in [0.5, 0.6) is 0 Å². The van der Waals surface area contributed by atoms with Crippen LogP contribution in [-0.2, 0) is 14.8 Å². The fraction of sp³-hybridized carbons (Fsp3) is 0.188. The number of hydrogen-bond donors (Lipinski definition) is 1. The van der Waals surface area contributed by atoms with Crippen molar-refractivity contribution in [3.63, 3.8) is 0 Å². The van der Waals surface area contributed by atoms with Crippen molar-refractivity contribution in [1.82, 2.24) is 4.31 Å². The molecule has 0 saturated heterocycles. The summed E-state index contributed by atoms with van der Waals surface area (Å²) in [6.07, 6.45) is 2.89. The Labute approximate surface area is 149 Å². The number of aliphatic hydroxyl groups is 1. The Balaban J connectivity index is 2.24. The molecule has 1 N–H and O–H groups in total. The normalized spacial score (nSPS) is 11.8. The Hall–Kier alpha value is -1.67. The van der Waals surface area contributed by atoms with Crippen LogP contribution < -0.4 is 0 Å². The molecular formula is C16H16ClNO4S2. The molecule has 1 heterocycles. The summed E-state index contributed by atoms with van der Waals surface area (Å²) in [7, 11) is -3.92. The van der Waals surface area contributed by atoms with Crippen molar-refractivity contribution in [3.05, 3.63) is 58.4 Å². The van der Waals surface area contributed by atoms with E-state index in [1.165, 1.54) is 18.2 Å². The monoisotopic (exact) mass is 385 g/mol. The van der Waals surface area contributed by atoms with Gasteiger partial charge in [0.2, 0.25) is 0 Å². The van der Waals surface area contributed by atoms with E-state index in [1.807, 2.05) is 0 Å². The molecule has 0 spiro atoms. The van der Waals surface area contributed by atoms with Crippen LogP contribution in [0.25, 0.3) is 6.08 Å². The van der Waals surface area contributed by atoms with E-state index in [0.717, 1.165) is 21.2 Å².